The number of carbonyl (C=O) groups excluding carboxylic acids is 1. The molecule has 1 atom stereocenters. The lowest BCUT2D eigenvalue weighted by molar-refractivity contribution is -0.163. The molecule has 0 aliphatic heterocycles. The monoisotopic (exact) mass is 231 g/mol. The van der Waals surface area contributed by atoms with Crippen molar-refractivity contribution < 1.29 is 14.6 Å². The van der Waals surface area contributed by atoms with Crippen LogP contribution in [-0.4, -0.2) is 37.4 Å². The summed E-state index contributed by atoms with van der Waals surface area (Å²) in [6, 6.07) is 0. The Balaban J connectivity index is 4.27. The van der Waals surface area contributed by atoms with Crippen LogP contribution < -0.4 is 5.32 Å². The van der Waals surface area contributed by atoms with E-state index in [4.69, 9.17) is 4.74 Å². The summed E-state index contributed by atoms with van der Waals surface area (Å²) in [4.78, 5) is 11.9. The van der Waals surface area contributed by atoms with Crippen LogP contribution >= 0.6 is 0 Å². The second-order valence-electron chi connectivity index (χ2n) is 5.68. The Morgan fingerprint density at radius 1 is 1.31 bits per heavy atom. The van der Waals surface area contributed by atoms with Crippen LogP contribution in [0.4, 0.5) is 0 Å². The lowest BCUT2D eigenvalue weighted by Crippen LogP contribution is -2.40. The lowest BCUT2D eigenvalue weighted by atomic mass is 9.69. The van der Waals surface area contributed by atoms with E-state index in [9.17, 15) is 9.90 Å². The molecule has 0 saturated heterocycles. The van der Waals surface area contributed by atoms with Gasteiger partial charge < -0.3 is 15.2 Å². The van der Waals surface area contributed by atoms with Crippen molar-refractivity contribution in [2.75, 3.05) is 20.2 Å². The van der Waals surface area contributed by atoms with Crippen molar-refractivity contribution in [2.45, 2.75) is 40.7 Å². The number of nitrogens with one attached hydrogen (secondary N) is 1. The van der Waals surface area contributed by atoms with Gasteiger partial charge in [-0.05, 0) is 26.3 Å². The number of esters is 1. The van der Waals surface area contributed by atoms with Gasteiger partial charge in [0.15, 0.2) is 0 Å². The lowest BCUT2D eigenvalue weighted by Gasteiger charge is -2.36. The van der Waals surface area contributed by atoms with E-state index in [1.54, 1.807) is 7.05 Å². The fraction of sp³-hybridized carbons (Fsp3) is 0.917. The zero-order valence-electron chi connectivity index (χ0n) is 11.3. The molecule has 0 aromatic heterocycles. The van der Waals surface area contributed by atoms with Crippen LogP contribution in [-0.2, 0) is 9.53 Å². The van der Waals surface area contributed by atoms with Crippen LogP contribution in [0.1, 0.15) is 34.6 Å². The Labute approximate surface area is 98.4 Å². The molecule has 16 heavy (non-hydrogen) atoms. The number of aliphatic hydroxyl groups is 1. The maximum Gasteiger partial charge on any atom is 0.312 e. The Hall–Kier alpha value is -0.610. The maximum absolute atomic E-state index is 11.9. The standard InChI is InChI=1S/C12H25NO3/c1-11(2,3)12(4,5)10(15)16-8-9(14)7-13-6/h9,13-14H,7-8H2,1-6H3. The fourth-order valence-corrected chi connectivity index (χ4v) is 0.953. The van der Waals surface area contributed by atoms with E-state index >= 15 is 0 Å². The van der Waals surface area contributed by atoms with E-state index in [2.05, 4.69) is 5.32 Å². The number of ether oxygens (including phenoxy) is 1. The molecule has 0 aliphatic rings. The number of aliphatic hydroxyl groups excluding tert-OH is 1. The first-order chi connectivity index (χ1) is 7.13. The third kappa shape index (κ3) is 4.10. The van der Waals surface area contributed by atoms with E-state index in [0.29, 0.717) is 6.54 Å². The molecule has 4 heteroatoms. The molecule has 0 fully saturated rings. The molecular formula is C12H25NO3. The average molecular weight is 231 g/mol. The number of hydrogen-bond acceptors (Lipinski definition) is 4. The minimum absolute atomic E-state index is 0.0409. The second-order valence-corrected chi connectivity index (χ2v) is 5.68. The van der Waals surface area contributed by atoms with Gasteiger partial charge in [0.2, 0.25) is 0 Å². The van der Waals surface area contributed by atoms with Crippen LogP contribution in [0.25, 0.3) is 0 Å². The number of likely N-dealkylation sites (N-methyl/N-ethyl adjacent to an activating group) is 1. The van der Waals surface area contributed by atoms with Crippen LogP contribution in [0.15, 0.2) is 0 Å². The van der Waals surface area contributed by atoms with Gasteiger partial charge in [-0.25, -0.2) is 0 Å². The molecule has 0 aromatic carbocycles. The van der Waals surface area contributed by atoms with E-state index < -0.39 is 11.5 Å². The zero-order chi connectivity index (χ0) is 13.0. The van der Waals surface area contributed by atoms with Crippen molar-refractivity contribution in [1.82, 2.24) is 5.32 Å². The molecule has 0 aromatic rings. The predicted octanol–water partition coefficient (Wildman–Crippen LogP) is 1.18. The van der Waals surface area contributed by atoms with Crippen molar-refractivity contribution in [3.63, 3.8) is 0 Å². The first-order valence-corrected chi connectivity index (χ1v) is 5.63. The van der Waals surface area contributed by atoms with Gasteiger partial charge in [0, 0.05) is 6.54 Å². The summed E-state index contributed by atoms with van der Waals surface area (Å²) in [5.74, 6) is -0.268. The topological polar surface area (TPSA) is 58.6 Å². The summed E-state index contributed by atoms with van der Waals surface area (Å²) in [6.07, 6.45) is -0.648. The smallest absolute Gasteiger partial charge is 0.312 e. The third-order valence-corrected chi connectivity index (χ3v) is 3.23. The SMILES string of the molecule is CNCC(O)COC(=O)C(C)(C)C(C)(C)C. The summed E-state index contributed by atoms with van der Waals surface area (Å²) >= 11 is 0. The first-order valence-electron chi connectivity index (χ1n) is 5.63. The Bertz CT molecular complexity index is 231. The highest BCUT2D eigenvalue weighted by Gasteiger charge is 2.41. The van der Waals surface area contributed by atoms with Gasteiger partial charge in [0.25, 0.3) is 0 Å². The van der Waals surface area contributed by atoms with E-state index in [1.165, 1.54) is 0 Å². The predicted molar refractivity (Wildman–Crippen MR) is 64.1 cm³/mol. The summed E-state index contributed by atoms with van der Waals surface area (Å²) in [5, 5.41) is 12.2. The number of carbonyl (C=O) groups is 1. The van der Waals surface area contributed by atoms with E-state index in [-0.39, 0.29) is 18.0 Å². The summed E-state index contributed by atoms with van der Waals surface area (Å²) in [6.45, 7) is 10.2. The zero-order valence-corrected chi connectivity index (χ0v) is 11.3. The molecule has 0 amide bonds. The van der Waals surface area contributed by atoms with Gasteiger partial charge in [-0.1, -0.05) is 20.8 Å². The van der Waals surface area contributed by atoms with Crippen molar-refractivity contribution >= 4 is 5.97 Å². The quantitative estimate of drug-likeness (QED) is 0.698. The molecule has 0 aliphatic carbocycles. The van der Waals surface area contributed by atoms with Gasteiger partial charge in [-0.15, -0.1) is 0 Å². The van der Waals surface area contributed by atoms with E-state index in [1.807, 2.05) is 34.6 Å². The van der Waals surface area contributed by atoms with Crippen LogP contribution in [0, 0.1) is 10.8 Å². The summed E-state index contributed by atoms with van der Waals surface area (Å²) in [5.41, 5.74) is -0.732. The molecule has 0 saturated carbocycles. The molecule has 0 spiro atoms. The molecule has 0 heterocycles. The van der Waals surface area contributed by atoms with Crippen molar-refractivity contribution in [3.05, 3.63) is 0 Å². The fourth-order valence-electron chi connectivity index (χ4n) is 0.953. The molecule has 0 rings (SSSR count). The highest BCUT2D eigenvalue weighted by molar-refractivity contribution is 5.76. The Kier molecular flexibility index (Phi) is 5.42. The van der Waals surface area contributed by atoms with Gasteiger partial charge in [0.1, 0.15) is 12.7 Å². The second kappa shape index (κ2) is 5.64. The maximum atomic E-state index is 11.9. The summed E-state index contributed by atoms with van der Waals surface area (Å²) in [7, 11) is 1.74. The van der Waals surface area contributed by atoms with Crippen LogP contribution in [0.5, 0.6) is 0 Å². The van der Waals surface area contributed by atoms with Gasteiger partial charge >= 0.3 is 5.97 Å². The Morgan fingerprint density at radius 3 is 2.19 bits per heavy atom. The Morgan fingerprint density at radius 2 is 1.81 bits per heavy atom. The molecule has 2 N–H and O–H groups in total. The molecule has 0 bridgehead atoms. The van der Waals surface area contributed by atoms with Gasteiger partial charge in [-0.3, -0.25) is 4.79 Å². The van der Waals surface area contributed by atoms with Gasteiger partial charge in [0.05, 0.1) is 5.41 Å². The normalized spacial score (nSPS) is 14.7. The minimum Gasteiger partial charge on any atom is -0.462 e. The molecule has 96 valence electrons. The van der Waals surface area contributed by atoms with Crippen LogP contribution in [0.3, 0.4) is 0 Å². The van der Waals surface area contributed by atoms with Gasteiger partial charge in [-0.2, -0.15) is 0 Å². The minimum atomic E-state index is -0.648. The van der Waals surface area contributed by atoms with Crippen LogP contribution in [0.2, 0.25) is 0 Å². The summed E-state index contributed by atoms with van der Waals surface area (Å²) < 4.78 is 5.12. The molecule has 0 radical (unpaired) electrons. The third-order valence-electron chi connectivity index (χ3n) is 3.23. The number of rotatable bonds is 5. The number of hydrogen-bond donors (Lipinski definition) is 2. The van der Waals surface area contributed by atoms with Crippen molar-refractivity contribution in [3.8, 4) is 0 Å². The van der Waals surface area contributed by atoms with Crippen molar-refractivity contribution in [2.24, 2.45) is 10.8 Å². The van der Waals surface area contributed by atoms with E-state index in [0.717, 1.165) is 0 Å². The molecule has 1 unspecified atom stereocenters. The first kappa shape index (κ1) is 15.4. The van der Waals surface area contributed by atoms with Crippen molar-refractivity contribution in [1.29, 1.82) is 0 Å². The highest BCUT2D eigenvalue weighted by atomic mass is 16.5. The highest BCUT2D eigenvalue weighted by Crippen LogP contribution is 2.38. The molecular weight excluding hydrogens is 206 g/mol. The average Bonchev–Trinajstić information content (AvgIpc) is 2.12. The molecule has 4 nitrogen and oxygen atoms in total. The largest absolute Gasteiger partial charge is 0.462 e.